The largest absolute Gasteiger partial charge is 0.355 e. The van der Waals surface area contributed by atoms with E-state index in [-0.39, 0.29) is 5.92 Å². The number of hydrogen-bond acceptors (Lipinski definition) is 4. The van der Waals surface area contributed by atoms with E-state index < -0.39 is 5.97 Å². The highest BCUT2D eigenvalue weighted by molar-refractivity contribution is 5.77. The van der Waals surface area contributed by atoms with Gasteiger partial charge < -0.3 is 4.84 Å². The molecule has 1 atom stereocenters. The van der Waals surface area contributed by atoms with E-state index in [0.717, 1.165) is 5.56 Å². The first kappa shape index (κ1) is 9.70. The molecule has 0 saturated heterocycles. The number of benzene rings is 1. The molecule has 1 rings (SSSR count). The molecule has 0 fully saturated rings. The molecule has 0 aliphatic rings. The molecular weight excluding hydrogens is 168 g/mol. The summed E-state index contributed by atoms with van der Waals surface area (Å²) in [6, 6.07) is 9.36. The van der Waals surface area contributed by atoms with Crippen LogP contribution in [0.5, 0.6) is 0 Å². The molecule has 0 aromatic heterocycles. The molecule has 13 heavy (non-hydrogen) atoms. The van der Waals surface area contributed by atoms with Gasteiger partial charge in [-0.25, -0.2) is 10.6 Å². The van der Waals surface area contributed by atoms with Crippen molar-refractivity contribution >= 4 is 5.97 Å². The van der Waals surface area contributed by atoms with Gasteiger partial charge >= 0.3 is 5.97 Å². The second-order valence-electron chi connectivity index (χ2n) is 2.67. The Morgan fingerprint density at radius 2 is 2.08 bits per heavy atom. The van der Waals surface area contributed by atoms with Crippen LogP contribution >= 0.6 is 0 Å². The predicted molar refractivity (Wildman–Crippen MR) is 48.3 cm³/mol. The topological polar surface area (TPSA) is 64.3 Å². The Balaban J connectivity index is 2.68. The molecule has 3 N–H and O–H groups in total. The third-order valence-corrected chi connectivity index (χ3v) is 1.81. The molecule has 70 valence electrons. The van der Waals surface area contributed by atoms with E-state index in [1.54, 1.807) is 6.92 Å². The van der Waals surface area contributed by atoms with Crippen LogP contribution in [0, 0.1) is 0 Å². The summed E-state index contributed by atoms with van der Waals surface area (Å²) < 4.78 is 0. The third kappa shape index (κ3) is 2.54. The van der Waals surface area contributed by atoms with Gasteiger partial charge in [-0.3, -0.25) is 0 Å². The van der Waals surface area contributed by atoms with Crippen molar-refractivity contribution in [2.75, 3.05) is 0 Å². The molecule has 4 nitrogen and oxygen atoms in total. The highest BCUT2D eigenvalue weighted by Crippen LogP contribution is 2.15. The van der Waals surface area contributed by atoms with Crippen molar-refractivity contribution in [2.24, 2.45) is 5.84 Å². The van der Waals surface area contributed by atoms with Gasteiger partial charge in [-0.2, -0.15) is 0 Å². The molecule has 0 radical (unpaired) electrons. The van der Waals surface area contributed by atoms with Crippen LogP contribution in [0.3, 0.4) is 0 Å². The summed E-state index contributed by atoms with van der Waals surface area (Å²) in [5, 5.41) is 0. The monoisotopic (exact) mass is 180 g/mol. The zero-order valence-corrected chi connectivity index (χ0v) is 7.36. The lowest BCUT2D eigenvalue weighted by molar-refractivity contribution is -0.152. The Bertz CT molecular complexity index is 274. The number of carbonyl (C=O) groups is 1. The van der Waals surface area contributed by atoms with E-state index in [9.17, 15) is 4.79 Å². The average Bonchev–Trinajstić information content (AvgIpc) is 2.18. The second-order valence-corrected chi connectivity index (χ2v) is 2.67. The molecule has 1 aromatic carbocycles. The van der Waals surface area contributed by atoms with Crippen molar-refractivity contribution in [3.05, 3.63) is 35.9 Å². The minimum atomic E-state index is -0.395. The van der Waals surface area contributed by atoms with E-state index in [4.69, 9.17) is 5.84 Å². The van der Waals surface area contributed by atoms with Gasteiger partial charge in [0.2, 0.25) is 0 Å². The first-order chi connectivity index (χ1) is 6.25. The quantitative estimate of drug-likeness (QED) is 0.531. The molecule has 0 spiro atoms. The zero-order chi connectivity index (χ0) is 9.68. The third-order valence-electron chi connectivity index (χ3n) is 1.81. The van der Waals surface area contributed by atoms with Crippen molar-refractivity contribution in [1.29, 1.82) is 0 Å². The van der Waals surface area contributed by atoms with Crippen molar-refractivity contribution in [3.63, 3.8) is 0 Å². The Morgan fingerprint density at radius 1 is 1.46 bits per heavy atom. The molecule has 0 saturated carbocycles. The van der Waals surface area contributed by atoms with Crippen LogP contribution < -0.4 is 11.4 Å². The van der Waals surface area contributed by atoms with Gasteiger partial charge in [0, 0.05) is 0 Å². The summed E-state index contributed by atoms with van der Waals surface area (Å²) in [6.45, 7) is 1.76. The van der Waals surface area contributed by atoms with Crippen LogP contribution in [-0.2, 0) is 9.63 Å². The van der Waals surface area contributed by atoms with Crippen LogP contribution in [0.4, 0.5) is 0 Å². The molecule has 0 bridgehead atoms. The first-order valence-electron chi connectivity index (χ1n) is 3.97. The van der Waals surface area contributed by atoms with Crippen molar-refractivity contribution in [1.82, 2.24) is 5.59 Å². The van der Waals surface area contributed by atoms with Crippen LogP contribution in [0.25, 0.3) is 0 Å². The van der Waals surface area contributed by atoms with Gasteiger partial charge in [0.1, 0.15) is 0 Å². The van der Waals surface area contributed by atoms with E-state index in [0.29, 0.717) is 0 Å². The molecule has 0 amide bonds. The van der Waals surface area contributed by atoms with Crippen molar-refractivity contribution in [2.45, 2.75) is 12.8 Å². The lowest BCUT2D eigenvalue weighted by Crippen LogP contribution is -2.28. The fraction of sp³-hybridized carbons (Fsp3) is 0.222. The maximum atomic E-state index is 11.2. The fourth-order valence-corrected chi connectivity index (χ4v) is 1.02. The minimum Gasteiger partial charge on any atom is -0.355 e. The lowest BCUT2D eigenvalue weighted by atomic mass is 10.0. The maximum absolute atomic E-state index is 11.2. The van der Waals surface area contributed by atoms with E-state index in [1.165, 1.54) is 0 Å². The fourth-order valence-electron chi connectivity index (χ4n) is 1.02. The number of hydrazine groups is 1. The van der Waals surface area contributed by atoms with Crippen LogP contribution in [0.2, 0.25) is 0 Å². The summed E-state index contributed by atoms with van der Waals surface area (Å²) in [6.07, 6.45) is 0. The number of rotatable bonds is 3. The number of carbonyl (C=O) groups excluding carboxylic acids is 1. The van der Waals surface area contributed by atoms with E-state index in [1.807, 2.05) is 35.9 Å². The van der Waals surface area contributed by atoms with Gasteiger partial charge in [-0.1, -0.05) is 35.9 Å². The van der Waals surface area contributed by atoms with Crippen molar-refractivity contribution < 1.29 is 9.63 Å². The van der Waals surface area contributed by atoms with Gasteiger partial charge in [0.25, 0.3) is 0 Å². The summed E-state index contributed by atoms with van der Waals surface area (Å²) in [5.41, 5.74) is 2.77. The Morgan fingerprint density at radius 3 is 2.62 bits per heavy atom. The summed E-state index contributed by atoms with van der Waals surface area (Å²) in [5.74, 6) is 4.15. The summed E-state index contributed by atoms with van der Waals surface area (Å²) in [4.78, 5) is 15.6. The molecule has 0 aliphatic carbocycles. The molecule has 4 heteroatoms. The number of nitrogens with one attached hydrogen (secondary N) is 1. The maximum Gasteiger partial charge on any atom is 0.333 e. The van der Waals surface area contributed by atoms with E-state index >= 15 is 0 Å². The van der Waals surface area contributed by atoms with Crippen LogP contribution in [0.1, 0.15) is 18.4 Å². The smallest absolute Gasteiger partial charge is 0.333 e. The van der Waals surface area contributed by atoms with Gasteiger partial charge in [-0.15, -0.1) is 0 Å². The van der Waals surface area contributed by atoms with Gasteiger partial charge in [-0.05, 0) is 12.5 Å². The normalized spacial score (nSPS) is 12.2. The molecule has 1 aromatic rings. The predicted octanol–water partition coefficient (Wildman–Crippen LogP) is 0.712. The van der Waals surface area contributed by atoms with Crippen LogP contribution in [0.15, 0.2) is 30.3 Å². The minimum absolute atomic E-state index is 0.308. The Labute approximate surface area is 76.6 Å². The summed E-state index contributed by atoms with van der Waals surface area (Å²) >= 11 is 0. The zero-order valence-electron chi connectivity index (χ0n) is 7.36. The highest BCUT2D eigenvalue weighted by atomic mass is 16.7. The van der Waals surface area contributed by atoms with Gasteiger partial charge in [0.05, 0.1) is 5.92 Å². The molecule has 1 unspecified atom stereocenters. The highest BCUT2D eigenvalue weighted by Gasteiger charge is 2.15. The van der Waals surface area contributed by atoms with Crippen molar-refractivity contribution in [3.8, 4) is 0 Å². The Kier molecular flexibility index (Phi) is 3.42. The lowest BCUT2D eigenvalue weighted by Gasteiger charge is -2.09. The average molecular weight is 180 g/mol. The molecule has 0 aliphatic heterocycles. The summed E-state index contributed by atoms with van der Waals surface area (Å²) in [7, 11) is 0. The van der Waals surface area contributed by atoms with Gasteiger partial charge in [0.15, 0.2) is 0 Å². The van der Waals surface area contributed by atoms with E-state index in [2.05, 4.69) is 4.84 Å². The molecular formula is C9H12N2O2. The standard InChI is InChI=1S/C9H12N2O2/c1-7(9(12)13-11-10)8-5-3-2-4-6-8/h2-7,11H,10H2,1H3. The second kappa shape index (κ2) is 4.59. The van der Waals surface area contributed by atoms with Crippen LogP contribution in [-0.4, -0.2) is 5.97 Å². The number of nitrogens with two attached hydrogens (primary N) is 1. The molecule has 0 heterocycles. The Hall–Kier alpha value is -1.39. The SMILES string of the molecule is CC(C(=O)ONN)c1ccccc1. The first-order valence-corrected chi connectivity index (χ1v) is 3.97. The number of hydrogen-bond donors (Lipinski definition) is 2.